The van der Waals surface area contributed by atoms with E-state index in [0.717, 1.165) is 38.5 Å². The van der Waals surface area contributed by atoms with Crippen LogP contribution >= 0.6 is 0 Å². The predicted octanol–water partition coefficient (Wildman–Crippen LogP) is 18.8. The lowest BCUT2D eigenvalue weighted by atomic mass is 10.00. The van der Waals surface area contributed by atoms with Crippen LogP contribution in [0.2, 0.25) is 0 Å². The van der Waals surface area contributed by atoms with E-state index in [4.69, 9.17) is 0 Å². The molecule has 0 aromatic heterocycles. The molecule has 0 heterocycles. The first kappa shape index (κ1) is 68.5. The lowest BCUT2D eigenvalue weighted by molar-refractivity contribution is -0.132. The molecule has 0 radical (unpaired) electrons. The van der Waals surface area contributed by atoms with Gasteiger partial charge in [-0.1, -0.05) is 294 Å². The summed E-state index contributed by atoms with van der Waals surface area (Å²) >= 11 is 0. The van der Waals surface area contributed by atoms with Crippen molar-refractivity contribution in [1.29, 1.82) is 0 Å². The Morgan fingerprint density at radius 2 is 0.600 bits per heavy atom. The molecule has 0 spiro atoms. The predicted molar refractivity (Wildman–Crippen MR) is 307 cm³/mol. The van der Waals surface area contributed by atoms with Crippen LogP contribution in [0.5, 0.6) is 0 Å². The summed E-state index contributed by atoms with van der Waals surface area (Å²) in [5.41, 5.74) is 0. The highest BCUT2D eigenvalue weighted by Gasteiger charge is 2.28. The Kier molecular flexibility index (Phi) is 57.2. The SMILES string of the molecule is CCCCCCCCCCCCCC/C=C\CCCCCCCCCC(O)C(=O)NC(CO)C(O)C(O)CCC/C=C/CC/C=C/CCCCCCCCCCCCCCCCCCCCCCCC. The van der Waals surface area contributed by atoms with Gasteiger partial charge in [-0.25, -0.2) is 0 Å². The molecule has 4 atom stereocenters. The van der Waals surface area contributed by atoms with E-state index in [1.54, 1.807) is 0 Å². The maximum Gasteiger partial charge on any atom is 0.249 e. The average molecular weight is 987 g/mol. The Morgan fingerprint density at radius 3 is 0.900 bits per heavy atom. The fraction of sp³-hybridized carbons (Fsp3) is 0.891. The minimum absolute atomic E-state index is 0.356. The summed E-state index contributed by atoms with van der Waals surface area (Å²) in [6.07, 6.45) is 73.9. The lowest BCUT2D eigenvalue weighted by Gasteiger charge is -2.27. The molecule has 414 valence electrons. The van der Waals surface area contributed by atoms with Gasteiger partial charge < -0.3 is 25.7 Å². The lowest BCUT2D eigenvalue weighted by Crippen LogP contribution is -2.53. The van der Waals surface area contributed by atoms with Crippen LogP contribution in [-0.2, 0) is 4.79 Å². The maximum absolute atomic E-state index is 12.6. The largest absolute Gasteiger partial charge is 0.394 e. The van der Waals surface area contributed by atoms with Crippen molar-refractivity contribution in [2.75, 3.05) is 6.61 Å². The summed E-state index contributed by atoms with van der Waals surface area (Å²) in [4.78, 5) is 12.6. The number of nitrogens with one attached hydrogen (secondary N) is 1. The van der Waals surface area contributed by atoms with Crippen LogP contribution in [0.4, 0.5) is 0 Å². The third-order valence-electron chi connectivity index (χ3n) is 14.8. The molecule has 0 aliphatic rings. The zero-order chi connectivity index (χ0) is 50.9. The molecule has 0 saturated heterocycles. The van der Waals surface area contributed by atoms with Gasteiger partial charge in [-0.3, -0.25) is 4.79 Å². The maximum atomic E-state index is 12.6. The quantitative estimate of drug-likeness (QED) is 0.0308. The standard InChI is InChI=1S/C64H123NO5/c1-3-5-7-9-11-13-15-17-19-21-23-25-27-28-29-30-31-32-33-34-36-37-39-41-43-45-47-49-51-53-55-57-61(67)63(69)60(59-66)65-64(70)62(68)58-56-54-52-50-48-46-44-42-40-38-35-26-24-22-20-18-16-14-12-10-8-6-4-2/h38,40-41,43,49,51,60-63,66-69H,3-37,39,42,44-48,50,52-59H2,1-2H3,(H,65,70)/b40-38-,43-41+,51-49+. The molecular formula is C64H123NO5. The highest BCUT2D eigenvalue weighted by atomic mass is 16.3. The molecule has 0 bridgehead atoms. The molecule has 0 aliphatic heterocycles. The van der Waals surface area contributed by atoms with Gasteiger partial charge in [0.15, 0.2) is 0 Å². The number of amides is 1. The number of aliphatic hydroxyl groups excluding tert-OH is 4. The summed E-state index contributed by atoms with van der Waals surface area (Å²) in [6, 6.07) is -1.01. The van der Waals surface area contributed by atoms with Crippen molar-refractivity contribution in [1.82, 2.24) is 5.32 Å². The van der Waals surface area contributed by atoms with Gasteiger partial charge in [-0.2, -0.15) is 0 Å². The summed E-state index contributed by atoms with van der Waals surface area (Å²) in [7, 11) is 0. The first-order chi connectivity index (χ1) is 34.5. The smallest absolute Gasteiger partial charge is 0.249 e. The van der Waals surface area contributed by atoms with E-state index in [9.17, 15) is 25.2 Å². The van der Waals surface area contributed by atoms with Gasteiger partial charge in [0.2, 0.25) is 5.91 Å². The molecule has 5 N–H and O–H groups in total. The number of unbranched alkanes of at least 4 members (excludes halogenated alkanes) is 43. The number of carbonyl (C=O) groups excluding carboxylic acids is 1. The molecule has 0 aliphatic carbocycles. The number of aliphatic hydroxyl groups is 4. The number of rotatable bonds is 58. The molecule has 0 fully saturated rings. The molecule has 0 saturated carbocycles. The minimum Gasteiger partial charge on any atom is -0.394 e. The number of hydrogen-bond donors (Lipinski definition) is 5. The van der Waals surface area contributed by atoms with Gasteiger partial charge in [0.1, 0.15) is 12.2 Å². The van der Waals surface area contributed by atoms with Crippen LogP contribution in [0, 0.1) is 0 Å². The second-order valence-electron chi connectivity index (χ2n) is 21.7. The van der Waals surface area contributed by atoms with Crippen molar-refractivity contribution >= 4 is 5.91 Å². The van der Waals surface area contributed by atoms with Crippen LogP contribution in [0.3, 0.4) is 0 Å². The first-order valence-electron chi connectivity index (χ1n) is 31.4. The van der Waals surface area contributed by atoms with Gasteiger partial charge >= 0.3 is 0 Å². The van der Waals surface area contributed by atoms with Crippen LogP contribution in [0.25, 0.3) is 0 Å². The average Bonchev–Trinajstić information content (AvgIpc) is 3.36. The minimum atomic E-state index is -1.29. The summed E-state index contributed by atoms with van der Waals surface area (Å²) in [5, 5.41) is 44.0. The molecule has 0 aromatic carbocycles. The highest BCUT2D eigenvalue weighted by molar-refractivity contribution is 5.80. The number of allylic oxidation sites excluding steroid dienone is 6. The van der Waals surface area contributed by atoms with Crippen LogP contribution in [-0.4, -0.2) is 57.3 Å². The fourth-order valence-corrected chi connectivity index (χ4v) is 9.89. The Hall–Kier alpha value is -1.47. The van der Waals surface area contributed by atoms with Crippen molar-refractivity contribution in [2.45, 2.75) is 359 Å². The van der Waals surface area contributed by atoms with Crippen LogP contribution in [0.1, 0.15) is 335 Å². The van der Waals surface area contributed by atoms with Gasteiger partial charge in [-0.05, 0) is 77.0 Å². The number of hydrogen-bond acceptors (Lipinski definition) is 5. The molecule has 70 heavy (non-hydrogen) atoms. The Morgan fingerprint density at radius 1 is 0.343 bits per heavy atom. The van der Waals surface area contributed by atoms with E-state index < -0.39 is 36.9 Å². The molecule has 4 unspecified atom stereocenters. The second kappa shape index (κ2) is 58.4. The highest BCUT2D eigenvalue weighted by Crippen LogP contribution is 2.18. The summed E-state index contributed by atoms with van der Waals surface area (Å²) in [6.45, 7) is 4.08. The topological polar surface area (TPSA) is 110 Å². The van der Waals surface area contributed by atoms with E-state index in [1.165, 1.54) is 263 Å². The van der Waals surface area contributed by atoms with Crippen molar-refractivity contribution in [2.24, 2.45) is 0 Å². The third kappa shape index (κ3) is 51.4. The Balaban J connectivity index is 3.64. The first-order valence-corrected chi connectivity index (χ1v) is 31.4. The third-order valence-corrected chi connectivity index (χ3v) is 14.8. The van der Waals surface area contributed by atoms with Crippen molar-refractivity contribution in [3.8, 4) is 0 Å². The number of carbonyl (C=O) groups is 1. The molecule has 6 heteroatoms. The molecule has 6 nitrogen and oxygen atoms in total. The van der Waals surface area contributed by atoms with E-state index in [1.807, 2.05) is 0 Å². The van der Waals surface area contributed by atoms with Crippen LogP contribution < -0.4 is 5.32 Å². The summed E-state index contributed by atoms with van der Waals surface area (Å²) < 4.78 is 0. The Labute approximate surface area is 437 Å². The summed E-state index contributed by atoms with van der Waals surface area (Å²) in [5.74, 6) is -0.597. The zero-order valence-corrected chi connectivity index (χ0v) is 47.0. The Bertz CT molecular complexity index is 1110. The van der Waals surface area contributed by atoms with Crippen molar-refractivity contribution in [3.05, 3.63) is 36.5 Å². The second-order valence-corrected chi connectivity index (χ2v) is 21.7. The fourth-order valence-electron chi connectivity index (χ4n) is 9.89. The van der Waals surface area contributed by atoms with E-state index in [-0.39, 0.29) is 0 Å². The normalized spacial score (nSPS) is 13.9. The van der Waals surface area contributed by atoms with Gasteiger partial charge in [0.05, 0.1) is 18.8 Å². The van der Waals surface area contributed by atoms with E-state index in [0.29, 0.717) is 19.3 Å². The van der Waals surface area contributed by atoms with Gasteiger partial charge in [0, 0.05) is 0 Å². The van der Waals surface area contributed by atoms with E-state index >= 15 is 0 Å². The van der Waals surface area contributed by atoms with Gasteiger partial charge in [0.25, 0.3) is 0 Å². The monoisotopic (exact) mass is 986 g/mol. The molecular weight excluding hydrogens is 863 g/mol. The van der Waals surface area contributed by atoms with Crippen molar-refractivity contribution < 1.29 is 25.2 Å². The van der Waals surface area contributed by atoms with Gasteiger partial charge in [-0.15, -0.1) is 0 Å². The molecule has 1 amide bonds. The molecule has 0 rings (SSSR count). The van der Waals surface area contributed by atoms with Crippen molar-refractivity contribution in [3.63, 3.8) is 0 Å². The van der Waals surface area contributed by atoms with Crippen LogP contribution in [0.15, 0.2) is 36.5 Å². The molecule has 0 aromatic rings. The van der Waals surface area contributed by atoms with E-state index in [2.05, 4.69) is 55.6 Å². The zero-order valence-electron chi connectivity index (χ0n) is 47.0.